The molecule has 1 fully saturated rings. The summed E-state index contributed by atoms with van der Waals surface area (Å²) in [5.41, 5.74) is 0.895. The van der Waals surface area contributed by atoms with Crippen LogP contribution < -0.4 is 16.0 Å². The van der Waals surface area contributed by atoms with Crippen molar-refractivity contribution in [1.82, 2.24) is 25.9 Å². The molecule has 0 unspecified atom stereocenters. The highest BCUT2D eigenvalue weighted by molar-refractivity contribution is 5.86. The first kappa shape index (κ1) is 77.3. The van der Waals surface area contributed by atoms with Crippen molar-refractivity contribution < 1.29 is 72.3 Å². The zero-order valence-electron chi connectivity index (χ0n) is 51.9. The first-order valence-corrected chi connectivity index (χ1v) is 32.2. The predicted octanol–water partition coefficient (Wildman–Crippen LogP) is 10.0. The standard InChI is InChI=1S/C41H67N5O12.C23H44O3/c1-30-8-10-32(11-9-30)38(50)24-33(41(53)54)12-15-39(51)43-16-18-55-21-23-58-28-40(52)44-17-19-56-20-22-57-27-36(49)6-4-3-5-7-37(31(2)47)45-26-35(48)14-13-34-25-42-29-46-34;1-2-19-22(24)20-17-15-13-11-9-7-5-3-4-6-8-10-12-14-16-18-21-23(25)26/h25,29-30,32-33,37,45H,3-24,26-28H2,1-2H3,(H,42,46)(H,43,51)(H,44,52)(H,53,54);2-21H2,1H3,(H,25,26)/t30?,32?,33-,37+;/m1./s1. The molecule has 2 amide bonds. The molecular formula is C64H111N5O15. The average molecular weight is 1190 g/mol. The third kappa shape index (κ3) is 47.5. The molecule has 1 heterocycles. The first-order valence-electron chi connectivity index (χ1n) is 32.2. The van der Waals surface area contributed by atoms with Gasteiger partial charge in [0.1, 0.15) is 36.3 Å². The number of nitrogens with zero attached hydrogens (tertiary/aromatic N) is 1. The zero-order chi connectivity index (χ0) is 61.7. The second-order valence-corrected chi connectivity index (χ2v) is 22.9. The molecule has 20 nitrogen and oxygen atoms in total. The zero-order valence-corrected chi connectivity index (χ0v) is 51.9. The number of hydrogen-bond acceptors (Lipinski definition) is 15. The molecule has 6 N–H and O–H groups in total. The lowest BCUT2D eigenvalue weighted by molar-refractivity contribution is -0.145. The van der Waals surface area contributed by atoms with Crippen LogP contribution in [-0.2, 0) is 68.5 Å². The van der Waals surface area contributed by atoms with Gasteiger partial charge in [-0.05, 0) is 70.6 Å². The summed E-state index contributed by atoms with van der Waals surface area (Å²) in [7, 11) is 0. The Morgan fingerprint density at radius 1 is 0.571 bits per heavy atom. The van der Waals surface area contributed by atoms with E-state index in [1.807, 2.05) is 0 Å². The van der Waals surface area contributed by atoms with Gasteiger partial charge >= 0.3 is 11.9 Å². The van der Waals surface area contributed by atoms with Crippen LogP contribution in [-0.4, -0.2) is 151 Å². The Morgan fingerprint density at radius 3 is 1.61 bits per heavy atom. The van der Waals surface area contributed by atoms with Gasteiger partial charge in [0.15, 0.2) is 5.78 Å². The fourth-order valence-electron chi connectivity index (χ4n) is 9.93. The number of carbonyl (C=O) groups excluding carboxylic acids is 7. The van der Waals surface area contributed by atoms with Crippen LogP contribution in [0.2, 0.25) is 0 Å². The maximum Gasteiger partial charge on any atom is 0.306 e. The third-order valence-corrected chi connectivity index (χ3v) is 15.2. The van der Waals surface area contributed by atoms with Gasteiger partial charge in [0.2, 0.25) is 11.8 Å². The van der Waals surface area contributed by atoms with Gasteiger partial charge < -0.3 is 50.1 Å². The molecular weight excluding hydrogens is 1080 g/mol. The summed E-state index contributed by atoms with van der Waals surface area (Å²) >= 11 is 0. The Labute approximate surface area is 502 Å². The highest BCUT2D eigenvalue weighted by Crippen LogP contribution is 2.31. The highest BCUT2D eigenvalue weighted by atomic mass is 16.5. The molecule has 0 aliphatic heterocycles. The number of imidazole rings is 1. The normalized spacial score (nSPS) is 14.7. The summed E-state index contributed by atoms with van der Waals surface area (Å²) in [5.74, 6) is -2.22. The molecule has 1 aromatic rings. The van der Waals surface area contributed by atoms with Crippen molar-refractivity contribution in [3.05, 3.63) is 18.2 Å². The Hall–Kier alpha value is -4.76. The van der Waals surface area contributed by atoms with Gasteiger partial charge in [0, 0.05) is 75.8 Å². The SMILES string of the molecule is CC(=O)[C@H](CCCCCC(=O)COCCOCCNC(=O)COCCOCCNC(=O)CC[C@H](CC(=O)C1CCC(C)CC1)C(=O)O)NCC(=O)CCc1cnc[nH]1.CCCC(=O)CCCCCCCCCCCCCCCCCCC(=O)O. The molecule has 0 spiro atoms. The van der Waals surface area contributed by atoms with Gasteiger partial charge in [-0.15, -0.1) is 0 Å². The van der Waals surface area contributed by atoms with Crippen molar-refractivity contribution in [3.63, 3.8) is 0 Å². The molecule has 20 heteroatoms. The number of carboxylic acid groups (broad SMARTS) is 2. The van der Waals surface area contributed by atoms with Gasteiger partial charge in [-0.25, -0.2) is 4.98 Å². The number of ketones is 5. The number of aliphatic carboxylic acids is 2. The van der Waals surface area contributed by atoms with Crippen molar-refractivity contribution >= 4 is 52.7 Å². The van der Waals surface area contributed by atoms with Crippen LogP contribution in [0, 0.1) is 17.8 Å². The van der Waals surface area contributed by atoms with Crippen LogP contribution in [0.15, 0.2) is 12.5 Å². The second-order valence-electron chi connectivity index (χ2n) is 22.9. The van der Waals surface area contributed by atoms with Crippen LogP contribution in [0.4, 0.5) is 0 Å². The molecule has 0 aromatic carbocycles. The van der Waals surface area contributed by atoms with Crippen molar-refractivity contribution in [2.45, 2.75) is 245 Å². The molecule has 1 aliphatic rings. The number of ether oxygens (including phenoxy) is 4. The Morgan fingerprint density at radius 2 is 1.08 bits per heavy atom. The van der Waals surface area contributed by atoms with E-state index in [2.05, 4.69) is 39.8 Å². The number of rotatable bonds is 57. The van der Waals surface area contributed by atoms with Gasteiger partial charge in [-0.2, -0.15) is 0 Å². The molecule has 1 aromatic heterocycles. The van der Waals surface area contributed by atoms with Crippen LogP contribution >= 0.6 is 0 Å². The third-order valence-electron chi connectivity index (χ3n) is 15.2. The van der Waals surface area contributed by atoms with E-state index in [9.17, 15) is 48.3 Å². The second kappa shape index (κ2) is 53.7. The first-order chi connectivity index (χ1) is 40.6. The summed E-state index contributed by atoms with van der Waals surface area (Å²) in [5, 5.41) is 26.5. The van der Waals surface area contributed by atoms with Crippen LogP contribution in [0.25, 0.3) is 0 Å². The maximum absolute atomic E-state index is 12.6. The van der Waals surface area contributed by atoms with Crippen molar-refractivity contribution in [1.29, 1.82) is 0 Å². The van der Waals surface area contributed by atoms with Gasteiger partial charge in [0.25, 0.3) is 0 Å². The number of aryl methyl sites for hydroxylation is 1. The molecule has 2 rings (SSSR count). The van der Waals surface area contributed by atoms with Crippen molar-refractivity contribution in [2.24, 2.45) is 17.8 Å². The van der Waals surface area contributed by atoms with E-state index in [1.54, 1.807) is 12.5 Å². The molecule has 0 bridgehead atoms. The van der Waals surface area contributed by atoms with E-state index in [0.717, 1.165) is 82.7 Å². The van der Waals surface area contributed by atoms with Gasteiger partial charge in [-0.3, -0.25) is 43.2 Å². The predicted molar refractivity (Wildman–Crippen MR) is 324 cm³/mol. The van der Waals surface area contributed by atoms with E-state index in [1.165, 1.54) is 90.4 Å². The fourth-order valence-corrected chi connectivity index (χ4v) is 9.93. The van der Waals surface area contributed by atoms with E-state index >= 15 is 0 Å². The number of H-pyrrole nitrogens is 1. The Balaban J connectivity index is 0.00000113. The molecule has 0 radical (unpaired) electrons. The van der Waals surface area contributed by atoms with Gasteiger partial charge in [-0.1, -0.05) is 129 Å². The molecule has 1 saturated carbocycles. The van der Waals surface area contributed by atoms with Crippen molar-refractivity contribution in [2.75, 3.05) is 72.5 Å². The number of nitrogens with one attached hydrogen (secondary N) is 4. The maximum atomic E-state index is 12.6. The number of Topliss-reactive ketones (excluding diaryl/α,β-unsaturated/α-hetero) is 5. The molecule has 84 heavy (non-hydrogen) atoms. The number of aromatic nitrogens is 2. The minimum absolute atomic E-state index is 0.00696. The molecule has 2 atom stereocenters. The molecule has 1 aliphatic carbocycles. The summed E-state index contributed by atoms with van der Waals surface area (Å²) in [4.78, 5) is 113. The Bertz CT molecular complexity index is 1910. The van der Waals surface area contributed by atoms with Gasteiger partial charge in [0.05, 0.1) is 64.5 Å². The summed E-state index contributed by atoms with van der Waals surface area (Å²) in [6.45, 7) is 7.65. The smallest absolute Gasteiger partial charge is 0.306 e. The van der Waals surface area contributed by atoms with E-state index < -0.39 is 17.9 Å². The van der Waals surface area contributed by atoms with E-state index in [0.29, 0.717) is 50.2 Å². The lowest BCUT2D eigenvalue weighted by Crippen LogP contribution is -2.38. The summed E-state index contributed by atoms with van der Waals surface area (Å²) in [6, 6.07) is -0.384. The van der Waals surface area contributed by atoms with Crippen LogP contribution in [0.3, 0.4) is 0 Å². The van der Waals surface area contributed by atoms with E-state index in [4.69, 9.17) is 24.1 Å². The van der Waals surface area contributed by atoms with E-state index in [-0.39, 0.29) is 139 Å². The van der Waals surface area contributed by atoms with Crippen molar-refractivity contribution in [3.8, 4) is 0 Å². The summed E-state index contributed by atoms with van der Waals surface area (Å²) < 4.78 is 21.5. The number of aromatic amines is 1. The largest absolute Gasteiger partial charge is 0.481 e. The fraction of sp³-hybridized carbons (Fsp3) is 0.812. The molecule has 0 saturated heterocycles. The summed E-state index contributed by atoms with van der Waals surface area (Å²) in [6.07, 6.45) is 34.2. The monoisotopic (exact) mass is 1190 g/mol. The number of amides is 2. The average Bonchev–Trinajstić information content (AvgIpc) is 4.16. The quantitative estimate of drug-likeness (QED) is 0.0331. The Kier molecular flexibility index (Phi) is 49.4. The minimum Gasteiger partial charge on any atom is -0.481 e. The minimum atomic E-state index is -1.05. The van der Waals surface area contributed by atoms with Crippen LogP contribution in [0.5, 0.6) is 0 Å². The topological polar surface area (TPSA) is 296 Å². The lowest BCUT2D eigenvalue weighted by Gasteiger charge is -2.25. The highest BCUT2D eigenvalue weighted by Gasteiger charge is 2.29. The number of hydrogen-bond donors (Lipinski definition) is 6. The number of carbonyl (C=O) groups is 9. The number of unbranched alkanes of at least 4 members (excludes halogenated alkanes) is 17. The number of carboxylic acids is 2. The van der Waals surface area contributed by atoms with Crippen LogP contribution in [0.1, 0.15) is 238 Å². The molecule has 482 valence electrons. The lowest BCUT2D eigenvalue weighted by atomic mass is 9.78.